The second-order valence-electron chi connectivity index (χ2n) is 4.26. The Morgan fingerprint density at radius 2 is 2.06 bits per heavy atom. The zero-order chi connectivity index (χ0) is 13.3. The minimum atomic E-state index is -0.301. The first kappa shape index (κ1) is 13.9. The molecule has 0 fully saturated rings. The second kappa shape index (κ2) is 5.64. The fraction of sp³-hybridized carbons (Fsp3) is 0.231. The molecular formula is C13H14FIN2S. The highest BCUT2D eigenvalue weighted by Gasteiger charge is 2.20. The van der Waals surface area contributed by atoms with Gasteiger partial charge in [0.2, 0.25) is 0 Å². The molecule has 1 unspecified atom stereocenters. The number of hydrogen-bond donors (Lipinski definition) is 2. The monoisotopic (exact) mass is 376 g/mol. The standard InChI is InChI=1S/C13H14FIN2S/c1-7-3-8(2)12(10(14)4-7)13(17-16)9-5-11(15)18-6-9/h3-6,13,17H,16H2,1-2H3. The SMILES string of the molecule is Cc1cc(C)c(C(NN)c2csc(I)c2)c(F)c1. The molecule has 3 N–H and O–H groups in total. The van der Waals surface area contributed by atoms with Crippen molar-refractivity contribution in [3.8, 4) is 0 Å². The van der Waals surface area contributed by atoms with E-state index in [0.29, 0.717) is 5.56 Å². The molecule has 2 nitrogen and oxygen atoms in total. The number of nitrogens with one attached hydrogen (secondary N) is 1. The van der Waals surface area contributed by atoms with Gasteiger partial charge < -0.3 is 0 Å². The normalized spacial score (nSPS) is 12.7. The summed E-state index contributed by atoms with van der Waals surface area (Å²) in [6.07, 6.45) is 0. The molecule has 2 rings (SSSR count). The lowest BCUT2D eigenvalue weighted by Crippen LogP contribution is -2.30. The predicted molar refractivity (Wildman–Crippen MR) is 82.1 cm³/mol. The first-order chi connectivity index (χ1) is 8.52. The Bertz CT molecular complexity index is 545. The van der Waals surface area contributed by atoms with Crippen molar-refractivity contribution in [2.75, 3.05) is 0 Å². The zero-order valence-electron chi connectivity index (χ0n) is 10.1. The number of benzene rings is 1. The summed E-state index contributed by atoms with van der Waals surface area (Å²) in [6.45, 7) is 3.80. The van der Waals surface area contributed by atoms with Crippen molar-refractivity contribution < 1.29 is 4.39 Å². The van der Waals surface area contributed by atoms with Crippen LogP contribution >= 0.6 is 33.9 Å². The fourth-order valence-corrected chi connectivity index (χ4v) is 3.51. The molecule has 0 radical (unpaired) electrons. The number of aryl methyl sites for hydroxylation is 2. The van der Waals surface area contributed by atoms with Crippen LogP contribution in [0.4, 0.5) is 4.39 Å². The van der Waals surface area contributed by atoms with E-state index >= 15 is 0 Å². The summed E-state index contributed by atoms with van der Waals surface area (Å²) in [6, 6.07) is 5.24. The lowest BCUT2D eigenvalue weighted by atomic mass is 9.95. The molecule has 0 aliphatic heterocycles. The molecule has 0 bridgehead atoms. The van der Waals surface area contributed by atoms with E-state index in [-0.39, 0.29) is 11.9 Å². The van der Waals surface area contributed by atoms with E-state index in [2.05, 4.69) is 28.0 Å². The van der Waals surface area contributed by atoms with E-state index < -0.39 is 0 Å². The summed E-state index contributed by atoms with van der Waals surface area (Å²) >= 11 is 3.87. The Balaban J connectivity index is 2.51. The highest BCUT2D eigenvalue weighted by molar-refractivity contribution is 14.1. The van der Waals surface area contributed by atoms with Gasteiger partial charge in [-0.15, -0.1) is 11.3 Å². The Hall–Kier alpha value is -0.500. The minimum Gasteiger partial charge on any atom is -0.271 e. The van der Waals surface area contributed by atoms with Crippen LogP contribution < -0.4 is 11.3 Å². The summed E-state index contributed by atoms with van der Waals surface area (Å²) in [5.41, 5.74) is 6.17. The van der Waals surface area contributed by atoms with Crippen LogP contribution in [0.3, 0.4) is 0 Å². The molecule has 0 aliphatic carbocycles. The Morgan fingerprint density at radius 3 is 2.56 bits per heavy atom. The van der Waals surface area contributed by atoms with Crippen LogP contribution in [0.1, 0.15) is 28.3 Å². The number of nitrogens with two attached hydrogens (primary N) is 1. The van der Waals surface area contributed by atoms with Crippen molar-refractivity contribution in [1.82, 2.24) is 5.43 Å². The molecule has 0 aliphatic rings. The van der Waals surface area contributed by atoms with Crippen molar-refractivity contribution >= 4 is 33.9 Å². The molecule has 1 aromatic carbocycles. The maximum Gasteiger partial charge on any atom is 0.128 e. The molecule has 96 valence electrons. The molecule has 18 heavy (non-hydrogen) atoms. The predicted octanol–water partition coefficient (Wildman–Crippen LogP) is 3.66. The quantitative estimate of drug-likeness (QED) is 0.488. The van der Waals surface area contributed by atoms with Crippen molar-refractivity contribution in [1.29, 1.82) is 0 Å². The lowest BCUT2D eigenvalue weighted by Gasteiger charge is -2.19. The Labute approximate surface area is 124 Å². The average Bonchev–Trinajstić information content (AvgIpc) is 2.69. The third-order valence-corrected chi connectivity index (χ3v) is 4.66. The van der Waals surface area contributed by atoms with Gasteiger partial charge in [-0.1, -0.05) is 6.07 Å². The summed E-state index contributed by atoms with van der Waals surface area (Å²) in [5.74, 6) is 5.40. The molecule has 0 spiro atoms. The van der Waals surface area contributed by atoms with Gasteiger partial charge in [0.1, 0.15) is 5.82 Å². The summed E-state index contributed by atoms with van der Waals surface area (Å²) in [5, 5.41) is 2.00. The number of rotatable bonds is 3. The molecule has 1 heterocycles. The average molecular weight is 376 g/mol. The van der Waals surface area contributed by atoms with Gasteiger partial charge >= 0.3 is 0 Å². The molecular weight excluding hydrogens is 362 g/mol. The summed E-state index contributed by atoms with van der Waals surface area (Å²) in [7, 11) is 0. The Morgan fingerprint density at radius 1 is 1.33 bits per heavy atom. The number of thiophene rings is 1. The summed E-state index contributed by atoms with van der Waals surface area (Å²) < 4.78 is 15.3. The molecule has 2 aromatic rings. The number of hydrazine groups is 1. The minimum absolute atomic E-state index is 0.211. The van der Waals surface area contributed by atoms with Crippen molar-refractivity contribution in [2.24, 2.45) is 5.84 Å². The molecule has 1 atom stereocenters. The lowest BCUT2D eigenvalue weighted by molar-refractivity contribution is 0.557. The summed E-state index contributed by atoms with van der Waals surface area (Å²) in [4.78, 5) is 0. The third-order valence-electron chi connectivity index (χ3n) is 2.86. The van der Waals surface area contributed by atoms with Gasteiger partial charge in [-0.25, -0.2) is 9.82 Å². The Kier molecular flexibility index (Phi) is 4.37. The highest BCUT2D eigenvalue weighted by atomic mass is 127. The van der Waals surface area contributed by atoms with E-state index in [1.807, 2.05) is 31.4 Å². The van der Waals surface area contributed by atoms with Gasteiger partial charge in [0.05, 0.1) is 8.93 Å². The van der Waals surface area contributed by atoms with E-state index in [1.165, 1.54) is 0 Å². The van der Waals surface area contributed by atoms with Crippen molar-refractivity contribution in [3.63, 3.8) is 0 Å². The molecule has 0 saturated heterocycles. The van der Waals surface area contributed by atoms with Gasteiger partial charge in [-0.3, -0.25) is 5.84 Å². The van der Waals surface area contributed by atoms with Gasteiger partial charge in [-0.05, 0) is 70.6 Å². The number of halogens is 2. The van der Waals surface area contributed by atoms with E-state index in [1.54, 1.807) is 17.4 Å². The van der Waals surface area contributed by atoms with Gasteiger partial charge in [0, 0.05) is 5.56 Å². The van der Waals surface area contributed by atoms with Crippen LogP contribution in [-0.2, 0) is 0 Å². The third kappa shape index (κ3) is 2.74. The molecule has 0 amide bonds. The largest absolute Gasteiger partial charge is 0.271 e. The van der Waals surface area contributed by atoms with Gasteiger partial charge in [-0.2, -0.15) is 0 Å². The van der Waals surface area contributed by atoms with Crippen LogP contribution in [0.2, 0.25) is 0 Å². The molecule has 0 saturated carbocycles. The van der Waals surface area contributed by atoms with E-state index in [4.69, 9.17) is 5.84 Å². The van der Waals surface area contributed by atoms with E-state index in [0.717, 1.165) is 19.6 Å². The zero-order valence-corrected chi connectivity index (χ0v) is 13.1. The first-order valence-electron chi connectivity index (χ1n) is 5.49. The van der Waals surface area contributed by atoms with E-state index in [9.17, 15) is 4.39 Å². The topological polar surface area (TPSA) is 38.0 Å². The van der Waals surface area contributed by atoms with Crippen molar-refractivity contribution in [2.45, 2.75) is 19.9 Å². The van der Waals surface area contributed by atoms with Crippen LogP contribution in [0.5, 0.6) is 0 Å². The van der Waals surface area contributed by atoms with Crippen LogP contribution in [0.15, 0.2) is 23.6 Å². The van der Waals surface area contributed by atoms with Crippen LogP contribution in [0, 0.1) is 22.5 Å². The van der Waals surface area contributed by atoms with Crippen molar-refractivity contribution in [3.05, 3.63) is 54.5 Å². The van der Waals surface area contributed by atoms with Gasteiger partial charge in [0.15, 0.2) is 0 Å². The second-order valence-corrected chi connectivity index (χ2v) is 7.07. The van der Waals surface area contributed by atoms with Gasteiger partial charge in [0.25, 0.3) is 0 Å². The highest BCUT2D eigenvalue weighted by Crippen LogP contribution is 2.30. The first-order valence-corrected chi connectivity index (χ1v) is 7.45. The number of hydrogen-bond acceptors (Lipinski definition) is 3. The fourth-order valence-electron chi connectivity index (χ4n) is 2.11. The molecule has 1 aromatic heterocycles. The van der Waals surface area contributed by atoms with Crippen LogP contribution in [0.25, 0.3) is 0 Å². The van der Waals surface area contributed by atoms with Crippen LogP contribution in [-0.4, -0.2) is 0 Å². The smallest absolute Gasteiger partial charge is 0.128 e. The molecule has 5 heteroatoms. The maximum atomic E-state index is 14.1. The maximum absolute atomic E-state index is 14.1.